The highest BCUT2D eigenvalue weighted by Crippen LogP contribution is 2.39. The molecule has 0 aliphatic heterocycles. The zero-order chi connectivity index (χ0) is 9.90. The zero-order valence-corrected chi connectivity index (χ0v) is 9.77. The Labute approximate surface area is 83.5 Å². The molecule has 0 heterocycles. The van der Waals surface area contributed by atoms with Crippen LogP contribution in [-0.4, -0.2) is 24.5 Å². The fourth-order valence-electron chi connectivity index (χ4n) is 2.35. The number of hydrogen-bond donors (Lipinski definition) is 0. The van der Waals surface area contributed by atoms with Crippen molar-refractivity contribution >= 4 is 0 Å². The summed E-state index contributed by atoms with van der Waals surface area (Å²) in [4.78, 5) is 2.51. The van der Waals surface area contributed by atoms with Crippen LogP contribution in [0.2, 0.25) is 0 Å². The van der Waals surface area contributed by atoms with Crippen LogP contribution in [0.25, 0.3) is 0 Å². The highest BCUT2D eigenvalue weighted by atomic mass is 15.1. The highest BCUT2D eigenvalue weighted by Gasteiger charge is 2.30. The number of nitrogens with zero attached hydrogens (tertiary/aromatic N) is 1. The fraction of sp³-hybridized carbons (Fsp3) is 1.00. The van der Waals surface area contributed by atoms with Gasteiger partial charge in [-0.3, -0.25) is 0 Å². The lowest BCUT2D eigenvalue weighted by Crippen LogP contribution is -2.37. The molecule has 0 amide bonds. The van der Waals surface area contributed by atoms with Gasteiger partial charge in [0.15, 0.2) is 0 Å². The van der Waals surface area contributed by atoms with Crippen LogP contribution in [0.4, 0.5) is 0 Å². The van der Waals surface area contributed by atoms with Gasteiger partial charge in [-0.25, -0.2) is 0 Å². The maximum atomic E-state index is 2.51. The van der Waals surface area contributed by atoms with E-state index >= 15 is 0 Å². The molecule has 13 heavy (non-hydrogen) atoms. The Kier molecular flexibility index (Phi) is 3.78. The van der Waals surface area contributed by atoms with E-state index < -0.39 is 0 Å². The van der Waals surface area contributed by atoms with Crippen molar-refractivity contribution in [2.24, 2.45) is 5.41 Å². The quantitative estimate of drug-likeness (QED) is 0.649. The molecule has 0 atom stereocenters. The molecule has 1 saturated carbocycles. The smallest absolute Gasteiger partial charge is 0.00925 e. The Morgan fingerprint density at radius 3 is 2.15 bits per heavy atom. The minimum absolute atomic E-state index is 0.658. The number of rotatable bonds is 3. The van der Waals surface area contributed by atoms with E-state index in [1.807, 2.05) is 0 Å². The summed E-state index contributed by atoms with van der Waals surface area (Å²) in [6, 6.07) is 0.865. The van der Waals surface area contributed by atoms with E-state index in [1.165, 1.54) is 38.6 Å². The van der Waals surface area contributed by atoms with Crippen molar-refractivity contribution in [3.63, 3.8) is 0 Å². The van der Waals surface area contributed by atoms with Crippen LogP contribution >= 0.6 is 0 Å². The first-order valence-corrected chi connectivity index (χ1v) is 5.81. The van der Waals surface area contributed by atoms with Gasteiger partial charge in [-0.1, -0.05) is 27.2 Å². The first-order valence-electron chi connectivity index (χ1n) is 5.81. The van der Waals surface area contributed by atoms with Crippen LogP contribution in [0, 0.1) is 5.41 Å². The minimum atomic E-state index is 0.658. The van der Waals surface area contributed by atoms with Gasteiger partial charge in [-0.15, -0.1) is 0 Å². The standard InChI is InChI=1S/C12H25N/c1-5-12(3)9-7-11(8-10-12)13(4)6-2/h11H,5-10H2,1-4H3. The van der Waals surface area contributed by atoms with Gasteiger partial charge >= 0.3 is 0 Å². The van der Waals surface area contributed by atoms with Crippen molar-refractivity contribution in [1.29, 1.82) is 0 Å². The minimum Gasteiger partial charge on any atom is -0.304 e. The van der Waals surface area contributed by atoms with Crippen molar-refractivity contribution in [1.82, 2.24) is 4.90 Å². The maximum absolute atomic E-state index is 2.51. The topological polar surface area (TPSA) is 3.24 Å². The molecule has 0 unspecified atom stereocenters. The Bertz CT molecular complexity index is 145. The van der Waals surface area contributed by atoms with Crippen LogP contribution in [0.5, 0.6) is 0 Å². The Morgan fingerprint density at radius 2 is 1.77 bits per heavy atom. The highest BCUT2D eigenvalue weighted by molar-refractivity contribution is 4.84. The van der Waals surface area contributed by atoms with Gasteiger partial charge in [0.1, 0.15) is 0 Å². The largest absolute Gasteiger partial charge is 0.304 e. The first-order chi connectivity index (χ1) is 6.11. The predicted molar refractivity (Wildman–Crippen MR) is 59.0 cm³/mol. The van der Waals surface area contributed by atoms with E-state index in [-0.39, 0.29) is 0 Å². The van der Waals surface area contributed by atoms with Crippen LogP contribution in [0.1, 0.15) is 52.9 Å². The molecule has 0 N–H and O–H groups in total. The lowest BCUT2D eigenvalue weighted by molar-refractivity contribution is 0.116. The van der Waals surface area contributed by atoms with Gasteiger partial charge in [0.25, 0.3) is 0 Å². The third-order valence-electron chi connectivity index (χ3n) is 4.14. The Hall–Kier alpha value is -0.0400. The molecular weight excluding hydrogens is 158 g/mol. The van der Waals surface area contributed by atoms with Crippen molar-refractivity contribution in [2.75, 3.05) is 13.6 Å². The summed E-state index contributed by atoms with van der Waals surface area (Å²) >= 11 is 0. The summed E-state index contributed by atoms with van der Waals surface area (Å²) in [7, 11) is 2.26. The van der Waals surface area contributed by atoms with Gasteiger partial charge in [0.05, 0.1) is 0 Å². The normalized spacial score (nSPS) is 35.3. The second-order valence-corrected chi connectivity index (χ2v) is 4.97. The molecule has 1 rings (SSSR count). The monoisotopic (exact) mass is 183 g/mol. The SMILES string of the molecule is CCN(C)C1CCC(C)(CC)CC1. The van der Waals surface area contributed by atoms with E-state index in [9.17, 15) is 0 Å². The van der Waals surface area contributed by atoms with Gasteiger partial charge in [0, 0.05) is 6.04 Å². The molecule has 0 aromatic carbocycles. The van der Waals surface area contributed by atoms with Crippen molar-refractivity contribution in [2.45, 2.75) is 58.9 Å². The van der Waals surface area contributed by atoms with E-state index in [4.69, 9.17) is 0 Å². The second-order valence-electron chi connectivity index (χ2n) is 4.97. The molecule has 1 aliphatic rings. The molecule has 1 nitrogen and oxygen atoms in total. The summed E-state index contributed by atoms with van der Waals surface area (Å²) in [6.45, 7) is 8.25. The van der Waals surface area contributed by atoms with Crippen LogP contribution in [-0.2, 0) is 0 Å². The van der Waals surface area contributed by atoms with Gasteiger partial charge in [-0.05, 0) is 44.7 Å². The summed E-state index contributed by atoms with van der Waals surface area (Å²) in [6.07, 6.45) is 7.04. The molecule has 0 saturated heterocycles. The van der Waals surface area contributed by atoms with Crippen molar-refractivity contribution < 1.29 is 0 Å². The molecule has 1 fully saturated rings. The lowest BCUT2D eigenvalue weighted by atomic mass is 9.72. The second kappa shape index (κ2) is 4.45. The third-order valence-corrected chi connectivity index (χ3v) is 4.14. The molecular formula is C12H25N. The Balaban J connectivity index is 2.38. The summed E-state index contributed by atoms with van der Waals surface area (Å²) in [5.74, 6) is 0. The lowest BCUT2D eigenvalue weighted by Gasteiger charge is -2.40. The van der Waals surface area contributed by atoms with Gasteiger partial charge in [0.2, 0.25) is 0 Å². The van der Waals surface area contributed by atoms with Crippen LogP contribution < -0.4 is 0 Å². The predicted octanol–water partition coefficient (Wildman–Crippen LogP) is 3.30. The molecule has 0 bridgehead atoms. The zero-order valence-electron chi connectivity index (χ0n) is 9.77. The molecule has 0 spiro atoms. The van der Waals surface area contributed by atoms with Gasteiger partial charge < -0.3 is 4.90 Å². The van der Waals surface area contributed by atoms with E-state index in [0.29, 0.717) is 5.41 Å². The van der Waals surface area contributed by atoms with Crippen LogP contribution in [0.15, 0.2) is 0 Å². The van der Waals surface area contributed by atoms with Gasteiger partial charge in [-0.2, -0.15) is 0 Å². The molecule has 0 radical (unpaired) electrons. The maximum Gasteiger partial charge on any atom is 0.00925 e. The molecule has 0 aromatic heterocycles. The molecule has 1 heteroatoms. The fourth-order valence-corrected chi connectivity index (χ4v) is 2.35. The first kappa shape index (κ1) is 11.0. The molecule has 0 aromatic rings. The summed E-state index contributed by atoms with van der Waals surface area (Å²) < 4.78 is 0. The number of hydrogen-bond acceptors (Lipinski definition) is 1. The summed E-state index contributed by atoms with van der Waals surface area (Å²) in [5.41, 5.74) is 0.658. The average molecular weight is 183 g/mol. The van der Waals surface area contributed by atoms with E-state index in [0.717, 1.165) is 6.04 Å². The summed E-state index contributed by atoms with van der Waals surface area (Å²) in [5, 5.41) is 0. The van der Waals surface area contributed by atoms with Crippen molar-refractivity contribution in [3.05, 3.63) is 0 Å². The molecule has 1 aliphatic carbocycles. The van der Waals surface area contributed by atoms with Crippen LogP contribution in [0.3, 0.4) is 0 Å². The van der Waals surface area contributed by atoms with E-state index in [2.05, 4.69) is 32.7 Å². The molecule has 78 valence electrons. The average Bonchev–Trinajstić information content (AvgIpc) is 2.18. The third kappa shape index (κ3) is 2.70. The van der Waals surface area contributed by atoms with Crippen molar-refractivity contribution in [3.8, 4) is 0 Å². The van der Waals surface area contributed by atoms with E-state index in [1.54, 1.807) is 0 Å². The Morgan fingerprint density at radius 1 is 1.23 bits per heavy atom.